The van der Waals surface area contributed by atoms with Crippen molar-refractivity contribution in [2.24, 2.45) is 0 Å². The molecule has 2 rings (SSSR count). The molecule has 1 nitrogen and oxygen atoms in total. The summed E-state index contributed by atoms with van der Waals surface area (Å²) in [6.45, 7) is 2.04. The normalized spacial score (nSPS) is 10.4. The first-order valence-electron chi connectivity index (χ1n) is 4.30. The number of rotatable bonds is 1. The van der Waals surface area contributed by atoms with E-state index in [0.29, 0.717) is 6.42 Å². The molecule has 2 aromatic rings. The van der Waals surface area contributed by atoms with E-state index in [1.807, 2.05) is 13.0 Å². The molecule has 0 aliphatic rings. The Morgan fingerprint density at radius 2 is 2.29 bits per heavy atom. The first kappa shape index (κ1) is 9.57. The number of thiol groups is 1. The monoisotopic (exact) mass is 219 g/mol. The molecule has 0 unspecified atom stereocenters. The Hall–Kier alpha value is -0.980. The molecule has 0 aliphatic carbocycles. The molecule has 70 valence electrons. The summed E-state index contributed by atoms with van der Waals surface area (Å²) in [4.78, 5) is 0. The summed E-state index contributed by atoms with van der Waals surface area (Å²) in [5.41, 5.74) is 2.33. The number of nitriles is 1. The molecule has 0 aliphatic heterocycles. The molecule has 1 heterocycles. The van der Waals surface area contributed by atoms with Crippen LogP contribution in [-0.4, -0.2) is 0 Å². The van der Waals surface area contributed by atoms with Crippen LogP contribution in [0.1, 0.15) is 11.1 Å². The predicted octanol–water partition coefficient (Wildman–Crippen LogP) is 3.56. The predicted molar refractivity (Wildman–Crippen MR) is 63.1 cm³/mol. The van der Waals surface area contributed by atoms with Gasteiger partial charge in [0.15, 0.2) is 0 Å². The van der Waals surface area contributed by atoms with E-state index in [1.54, 1.807) is 11.3 Å². The third kappa shape index (κ3) is 1.52. The van der Waals surface area contributed by atoms with E-state index in [1.165, 1.54) is 15.6 Å². The second-order valence-electron chi connectivity index (χ2n) is 3.19. The number of fused-ring (bicyclic) bond motifs is 1. The molecule has 0 saturated heterocycles. The third-order valence-corrected chi connectivity index (χ3v) is 3.60. The number of hydrogen-bond acceptors (Lipinski definition) is 3. The van der Waals surface area contributed by atoms with Crippen LogP contribution in [0.2, 0.25) is 0 Å². The lowest BCUT2D eigenvalue weighted by Crippen LogP contribution is -1.87. The highest BCUT2D eigenvalue weighted by atomic mass is 32.2. The van der Waals surface area contributed by atoms with Crippen molar-refractivity contribution >= 4 is 34.1 Å². The lowest BCUT2D eigenvalue weighted by molar-refractivity contribution is 1.24. The number of benzene rings is 1. The topological polar surface area (TPSA) is 23.8 Å². The second kappa shape index (κ2) is 3.64. The van der Waals surface area contributed by atoms with Crippen molar-refractivity contribution in [1.82, 2.24) is 0 Å². The van der Waals surface area contributed by atoms with E-state index >= 15 is 0 Å². The van der Waals surface area contributed by atoms with Gasteiger partial charge in [-0.15, -0.1) is 24.0 Å². The first-order chi connectivity index (χ1) is 6.72. The van der Waals surface area contributed by atoms with E-state index in [4.69, 9.17) is 5.26 Å². The molecule has 0 atom stereocenters. The Morgan fingerprint density at radius 3 is 3.00 bits per heavy atom. The van der Waals surface area contributed by atoms with Gasteiger partial charge in [0.2, 0.25) is 0 Å². The zero-order chi connectivity index (χ0) is 10.1. The molecule has 1 aromatic carbocycles. The van der Waals surface area contributed by atoms with Crippen LogP contribution in [0.25, 0.3) is 10.1 Å². The SMILES string of the molecule is Cc1ccc2sc(S)cc2c1CC#N. The maximum Gasteiger partial charge on any atom is 0.0670 e. The zero-order valence-electron chi connectivity index (χ0n) is 7.74. The average Bonchev–Trinajstić information content (AvgIpc) is 2.51. The number of nitrogens with zero attached hydrogens (tertiary/aromatic N) is 1. The van der Waals surface area contributed by atoms with Gasteiger partial charge in [0.25, 0.3) is 0 Å². The summed E-state index contributed by atoms with van der Waals surface area (Å²) >= 11 is 5.98. The van der Waals surface area contributed by atoms with E-state index in [9.17, 15) is 0 Å². The molecule has 0 spiro atoms. The fraction of sp³-hybridized carbons (Fsp3) is 0.182. The fourth-order valence-electron chi connectivity index (χ4n) is 1.58. The van der Waals surface area contributed by atoms with Crippen LogP contribution in [0.3, 0.4) is 0 Å². The summed E-state index contributed by atoms with van der Waals surface area (Å²) in [5, 5.41) is 9.93. The van der Waals surface area contributed by atoms with Crippen LogP contribution in [-0.2, 0) is 6.42 Å². The number of thiophene rings is 1. The van der Waals surface area contributed by atoms with Crippen molar-refractivity contribution in [2.75, 3.05) is 0 Å². The number of aryl methyl sites for hydroxylation is 1. The van der Waals surface area contributed by atoms with Crippen LogP contribution >= 0.6 is 24.0 Å². The maximum absolute atomic E-state index is 8.74. The lowest BCUT2D eigenvalue weighted by atomic mass is 10.0. The minimum absolute atomic E-state index is 0.479. The molecular weight excluding hydrogens is 210 g/mol. The molecule has 3 heteroatoms. The van der Waals surface area contributed by atoms with Crippen molar-refractivity contribution in [3.8, 4) is 6.07 Å². The first-order valence-corrected chi connectivity index (χ1v) is 5.56. The molecule has 0 fully saturated rings. The Morgan fingerprint density at radius 1 is 1.50 bits per heavy atom. The summed E-state index contributed by atoms with van der Waals surface area (Å²) < 4.78 is 2.22. The van der Waals surface area contributed by atoms with E-state index in [0.717, 1.165) is 9.77 Å². The molecule has 0 saturated carbocycles. The van der Waals surface area contributed by atoms with Crippen LogP contribution < -0.4 is 0 Å². The third-order valence-electron chi connectivity index (χ3n) is 2.29. The van der Waals surface area contributed by atoms with Crippen LogP contribution in [0.5, 0.6) is 0 Å². The highest BCUT2D eigenvalue weighted by Gasteiger charge is 2.06. The van der Waals surface area contributed by atoms with Gasteiger partial charge < -0.3 is 0 Å². The van der Waals surface area contributed by atoms with Gasteiger partial charge in [-0.2, -0.15) is 5.26 Å². The molecule has 0 bridgehead atoms. The van der Waals surface area contributed by atoms with Gasteiger partial charge in [0.05, 0.1) is 16.7 Å². The molecule has 0 amide bonds. The largest absolute Gasteiger partial charge is 0.198 e. The minimum Gasteiger partial charge on any atom is -0.198 e. The van der Waals surface area contributed by atoms with Crippen molar-refractivity contribution < 1.29 is 0 Å². The van der Waals surface area contributed by atoms with Crippen LogP contribution in [0, 0.1) is 18.3 Å². The smallest absolute Gasteiger partial charge is 0.0670 e. The summed E-state index contributed by atoms with van der Waals surface area (Å²) in [6, 6.07) is 8.41. The molecule has 1 aromatic heterocycles. The standard InChI is InChI=1S/C11H9NS2/c1-7-2-3-10-9(6-11(13)14-10)8(7)4-5-12/h2-3,6,13H,4H2,1H3. The van der Waals surface area contributed by atoms with Crippen molar-refractivity contribution in [3.63, 3.8) is 0 Å². The highest BCUT2D eigenvalue weighted by molar-refractivity contribution is 7.83. The maximum atomic E-state index is 8.74. The Balaban J connectivity index is 2.76. The minimum atomic E-state index is 0.479. The van der Waals surface area contributed by atoms with E-state index in [2.05, 4.69) is 30.8 Å². The summed E-state index contributed by atoms with van der Waals surface area (Å²) in [6.07, 6.45) is 0.479. The van der Waals surface area contributed by atoms with Gasteiger partial charge in [-0.05, 0) is 35.6 Å². The Bertz CT molecular complexity index is 520. The van der Waals surface area contributed by atoms with Gasteiger partial charge in [0, 0.05) is 4.70 Å². The molecule has 0 N–H and O–H groups in total. The molecular formula is C11H9NS2. The quantitative estimate of drug-likeness (QED) is 0.728. The van der Waals surface area contributed by atoms with Gasteiger partial charge in [-0.25, -0.2) is 0 Å². The Labute approximate surface area is 92.4 Å². The molecule has 14 heavy (non-hydrogen) atoms. The summed E-state index contributed by atoms with van der Waals surface area (Å²) in [7, 11) is 0. The second-order valence-corrected chi connectivity index (χ2v) is 5.06. The molecule has 0 radical (unpaired) electrons. The lowest BCUT2D eigenvalue weighted by Gasteiger charge is -2.02. The van der Waals surface area contributed by atoms with Gasteiger partial charge in [-0.3, -0.25) is 0 Å². The average molecular weight is 219 g/mol. The van der Waals surface area contributed by atoms with E-state index in [-0.39, 0.29) is 0 Å². The van der Waals surface area contributed by atoms with Crippen LogP contribution in [0.4, 0.5) is 0 Å². The van der Waals surface area contributed by atoms with Crippen LogP contribution in [0.15, 0.2) is 22.4 Å². The van der Waals surface area contributed by atoms with Crippen molar-refractivity contribution in [1.29, 1.82) is 5.26 Å². The highest BCUT2D eigenvalue weighted by Crippen LogP contribution is 2.32. The van der Waals surface area contributed by atoms with Gasteiger partial charge in [-0.1, -0.05) is 6.07 Å². The van der Waals surface area contributed by atoms with Crippen molar-refractivity contribution in [3.05, 3.63) is 29.3 Å². The fourth-order valence-corrected chi connectivity index (χ4v) is 2.83. The van der Waals surface area contributed by atoms with E-state index < -0.39 is 0 Å². The Kier molecular flexibility index (Phi) is 2.49. The summed E-state index contributed by atoms with van der Waals surface area (Å²) in [5.74, 6) is 0. The van der Waals surface area contributed by atoms with Crippen molar-refractivity contribution in [2.45, 2.75) is 17.6 Å². The zero-order valence-corrected chi connectivity index (χ0v) is 9.45. The van der Waals surface area contributed by atoms with Gasteiger partial charge >= 0.3 is 0 Å². The number of hydrogen-bond donors (Lipinski definition) is 1. The van der Waals surface area contributed by atoms with Gasteiger partial charge in [0.1, 0.15) is 0 Å².